The number of phenolic OH excluding ortho intramolecular Hbond substituents is 1. The molecule has 0 amide bonds. The van der Waals surface area contributed by atoms with Gasteiger partial charge < -0.3 is 10.4 Å². The largest absolute Gasteiger partial charge is 0.508 e. The van der Waals surface area contributed by atoms with Gasteiger partial charge in [0.2, 0.25) is 0 Å². The Hall–Kier alpha value is -3.34. The zero-order valence-corrected chi connectivity index (χ0v) is 12.8. The van der Waals surface area contributed by atoms with Crippen LogP contribution in [0, 0.1) is 10.1 Å². The van der Waals surface area contributed by atoms with E-state index < -0.39 is 4.92 Å². The first kappa shape index (κ1) is 15.6. The molecule has 0 radical (unpaired) electrons. The van der Waals surface area contributed by atoms with Crippen molar-refractivity contribution in [3.63, 3.8) is 0 Å². The van der Waals surface area contributed by atoms with Gasteiger partial charge in [-0.2, -0.15) is 0 Å². The second-order valence-corrected chi connectivity index (χ2v) is 5.34. The molecule has 2 N–H and O–H groups in total. The van der Waals surface area contributed by atoms with Crippen molar-refractivity contribution in [2.24, 2.45) is 0 Å². The number of nitrogens with one attached hydrogen (secondary N) is 1. The second-order valence-electron chi connectivity index (χ2n) is 5.34. The summed E-state index contributed by atoms with van der Waals surface area (Å²) in [6, 6.07) is 21.8. The van der Waals surface area contributed by atoms with Gasteiger partial charge in [0.15, 0.2) is 0 Å². The number of hydrogen-bond donors (Lipinski definition) is 2. The highest BCUT2D eigenvalue weighted by Crippen LogP contribution is 2.29. The molecule has 0 heterocycles. The first-order valence-corrected chi connectivity index (χ1v) is 7.50. The van der Waals surface area contributed by atoms with Crippen LogP contribution in [0.15, 0.2) is 72.8 Å². The number of anilines is 1. The molecule has 0 bridgehead atoms. The fourth-order valence-corrected chi connectivity index (χ4v) is 2.52. The number of rotatable bonds is 5. The molecule has 5 nitrogen and oxygen atoms in total. The standard InChI is InChI=1S/C19H16N2O3/c22-19-11-10-16(21(23)24)12-15(19)13-20-18-9-5-4-8-17(18)14-6-2-1-3-7-14/h1-12,20,22H,13H2. The Labute approximate surface area is 139 Å². The van der Waals surface area contributed by atoms with E-state index in [4.69, 9.17) is 0 Å². The van der Waals surface area contributed by atoms with Crippen LogP contribution in [-0.4, -0.2) is 10.0 Å². The fourth-order valence-electron chi connectivity index (χ4n) is 2.52. The van der Waals surface area contributed by atoms with Crippen molar-refractivity contribution in [1.82, 2.24) is 0 Å². The first-order valence-electron chi connectivity index (χ1n) is 7.50. The van der Waals surface area contributed by atoms with Crippen LogP contribution in [0.4, 0.5) is 11.4 Å². The molecule has 0 aliphatic heterocycles. The van der Waals surface area contributed by atoms with Gasteiger partial charge in [-0.15, -0.1) is 0 Å². The number of para-hydroxylation sites is 1. The van der Waals surface area contributed by atoms with E-state index in [1.807, 2.05) is 54.6 Å². The van der Waals surface area contributed by atoms with Crippen LogP contribution >= 0.6 is 0 Å². The first-order chi connectivity index (χ1) is 11.6. The monoisotopic (exact) mass is 320 g/mol. The van der Waals surface area contributed by atoms with Crippen molar-refractivity contribution in [2.45, 2.75) is 6.54 Å². The van der Waals surface area contributed by atoms with E-state index in [0.29, 0.717) is 5.56 Å². The highest BCUT2D eigenvalue weighted by Gasteiger charge is 2.11. The predicted molar refractivity (Wildman–Crippen MR) is 94.0 cm³/mol. The summed E-state index contributed by atoms with van der Waals surface area (Å²) in [5.41, 5.74) is 3.44. The van der Waals surface area contributed by atoms with Crippen LogP contribution < -0.4 is 5.32 Å². The van der Waals surface area contributed by atoms with Crippen molar-refractivity contribution in [1.29, 1.82) is 0 Å². The van der Waals surface area contributed by atoms with Gasteiger partial charge in [0.05, 0.1) is 4.92 Å². The van der Waals surface area contributed by atoms with Gasteiger partial charge in [-0.25, -0.2) is 0 Å². The highest BCUT2D eigenvalue weighted by atomic mass is 16.6. The molecule has 0 aliphatic carbocycles. The average Bonchev–Trinajstić information content (AvgIpc) is 2.62. The summed E-state index contributed by atoms with van der Waals surface area (Å²) in [4.78, 5) is 10.4. The van der Waals surface area contributed by atoms with Gasteiger partial charge in [-0.1, -0.05) is 48.5 Å². The molecule has 0 saturated carbocycles. The molecular formula is C19H16N2O3. The topological polar surface area (TPSA) is 75.4 Å². The number of nitro benzene ring substituents is 1. The van der Waals surface area contributed by atoms with Crippen LogP contribution in [0.2, 0.25) is 0 Å². The number of hydrogen-bond acceptors (Lipinski definition) is 4. The van der Waals surface area contributed by atoms with Crippen LogP contribution in [-0.2, 0) is 6.54 Å². The molecule has 0 aliphatic rings. The molecule has 0 unspecified atom stereocenters. The summed E-state index contributed by atoms with van der Waals surface area (Å²) in [5, 5.41) is 24.1. The maximum atomic E-state index is 10.9. The minimum absolute atomic E-state index is 0.0327. The van der Waals surface area contributed by atoms with E-state index in [0.717, 1.165) is 16.8 Å². The normalized spacial score (nSPS) is 10.3. The van der Waals surface area contributed by atoms with Gasteiger partial charge in [0.25, 0.3) is 5.69 Å². The Morgan fingerprint density at radius 2 is 1.67 bits per heavy atom. The minimum Gasteiger partial charge on any atom is -0.508 e. The zero-order valence-electron chi connectivity index (χ0n) is 12.8. The van der Waals surface area contributed by atoms with Gasteiger partial charge in [-0.05, 0) is 17.7 Å². The Morgan fingerprint density at radius 3 is 2.42 bits per heavy atom. The van der Waals surface area contributed by atoms with Crippen LogP contribution in [0.25, 0.3) is 11.1 Å². The number of benzene rings is 3. The zero-order chi connectivity index (χ0) is 16.9. The summed E-state index contributed by atoms with van der Waals surface area (Å²) in [6.07, 6.45) is 0. The molecule has 0 fully saturated rings. The Kier molecular flexibility index (Phi) is 4.43. The smallest absolute Gasteiger partial charge is 0.270 e. The Bertz CT molecular complexity index is 863. The lowest BCUT2D eigenvalue weighted by atomic mass is 10.0. The van der Waals surface area contributed by atoms with Gasteiger partial charge in [0.1, 0.15) is 5.75 Å². The Morgan fingerprint density at radius 1 is 0.958 bits per heavy atom. The molecule has 24 heavy (non-hydrogen) atoms. The molecule has 3 aromatic rings. The van der Waals surface area contributed by atoms with E-state index in [9.17, 15) is 15.2 Å². The molecule has 3 aromatic carbocycles. The molecule has 3 rings (SSSR count). The van der Waals surface area contributed by atoms with E-state index >= 15 is 0 Å². The lowest BCUT2D eigenvalue weighted by Gasteiger charge is -2.13. The molecule has 0 spiro atoms. The number of nitrogens with zero attached hydrogens (tertiary/aromatic N) is 1. The van der Waals surface area contributed by atoms with Crippen molar-refractivity contribution < 1.29 is 10.0 Å². The summed E-state index contributed by atoms with van der Waals surface area (Å²) in [7, 11) is 0. The van der Waals surface area contributed by atoms with Gasteiger partial charge >= 0.3 is 0 Å². The van der Waals surface area contributed by atoms with Crippen LogP contribution in [0.3, 0.4) is 0 Å². The third-order valence-electron chi connectivity index (χ3n) is 3.76. The molecular weight excluding hydrogens is 304 g/mol. The number of phenols is 1. The number of nitro groups is 1. The average molecular weight is 320 g/mol. The molecule has 5 heteroatoms. The van der Waals surface area contributed by atoms with Crippen molar-refractivity contribution in [3.05, 3.63) is 88.5 Å². The summed E-state index contributed by atoms with van der Waals surface area (Å²) in [5.74, 6) is 0.0327. The van der Waals surface area contributed by atoms with Crippen molar-refractivity contribution in [2.75, 3.05) is 5.32 Å². The van der Waals surface area contributed by atoms with Crippen molar-refractivity contribution >= 4 is 11.4 Å². The van der Waals surface area contributed by atoms with E-state index in [-0.39, 0.29) is 18.0 Å². The van der Waals surface area contributed by atoms with Gasteiger partial charge in [-0.3, -0.25) is 10.1 Å². The molecule has 0 saturated heterocycles. The third-order valence-corrected chi connectivity index (χ3v) is 3.76. The Balaban J connectivity index is 1.86. The fraction of sp³-hybridized carbons (Fsp3) is 0.0526. The van der Waals surface area contributed by atoms with E-state index in [1.165, 1.54) is 18.2 Å². The number of non-ortho nitro benzene ring substituents is 1. The summed E-state index contributed by atoms with van der Waals surface area (Å²) in [6.45, 7) is 0.289. The van der Waals surface area contributed by atoms with E-state index in [2.05, 4.69) is 5.32 Å². The maximum Gasteiger partial charge on any atom is 0.270 e. The minimum atomic E-state index is -0.471. The summed E-state index contributed by atoms with van der Waals surface area (Å²) >= 11 is 0. The molecule has 0 aromatic heterocycles. The second kappa shape index (κ2) is 6.83. The van der Waals surface area contributed by atoms with Crippen molar-refractivity contribution in [3.8, 4) is 16.9 Å². The van der Waals surface area contributed by atoms with E-state index in [1.54, 1.807) is 0 Å². The maximum absolute atomic E-state index is 10.9. The van der Waals surface area contributed by atoms with Crippen LogP contribution in [0.5, 0.6) is 5.75 Å². The van der Waals surface area contributed by atoms with Gasteiger partial charge in [0, 0.05) is 35.5 Å². The lowest BCUT2D eigenvalue weighted by Crippen LogP contribution is -2.02. The van der Waals surface area contributed by atoms with Crippen LogP contribution in [0.1, 0.15) is 5.56 Å². The quantitative estimate of drug-likeness (QED) is 0.533. The third kappa shape index (κ3) is 3.35. The molecule has 0 atom stereocenters. The highest BCUT2D eigenvalue weighted by molar-refractivity contribution is 5.77. The lowest BCUT2D eigenvalue weighted by molar-refractivity contribution is -0.384. The summed E-state index contributed by atoms with van der Waals surface area (Å²) < 4.78 is 0. The number of aromatic hydroxyl groups is 1. The SMILES string of the molecule is O=[N+]([O-])c1ccc(O)c(CNc2ccccc2-c2ccccc2)c1. The molecule has 120 valence electrons. The predicted octanol–water partition coefficient (Wildman–Crippen LogP) is 4.58.